The summed E-state index contributed by atoms with van der Waals surface area (Å²) in [5.74, 6) is -4.28. The molecule has 2 aromatic carbocycles. The molecule has 2 aromatic rings. The second-order valence-corrected chi connectivity index (χ2v) is 9.55. The maximum absolute atomic E-state index is 13.7. The zero-order valence-electron chi connectivity index (χ0n) is 23.3. The number of ether oxygens (including phenoxy) is 2. The maximum atomic E-state index is 13.7. The molecule has 4 amide bonds. The maximum Gasteiger partial charge on any atom is 0.308 e. The van der Waals surface area contributed by atoms with Gasteiger partial charge in [0.15, 0.2) is 0 Å². The number of benzene rings is 2. The van der Waals surface area contributed by atoms with Gasteiger partial charge in [0.1, 0.15) is 25.2 Å². The first-order chi connectivity index (χ1) is 19.6. The molecule has 0 radical (unpaired) electrons. The van der Waals surface area contributed by atoms with E-state index in [0.29, 0.717) is 0 Å². The second-order valence-electron chi connectivity index (χ2n) is 9.55. The molecule has 0 bridgehead atoms. The molecule has 1 aliphatic heterocycles. The summed E-state index contributed by atoms with van der Waals surface area (Å²) in [6.45, 7) is 1.18. The van der Waals surface area contributed by atoms with Gasteiger partial charge in [-0.15, -0.1) is 0 Å². The van der Waals surface area contributed by atoms with E-state index in [-0.39, 0.29) is 13.1 Å². The van der Waals surface area contributed by atoms with E-state index < -0.39 is 73.6 Å². The van der Waals surface area contributed by atoms with E-state index in [1.54, 1.807) is 0 Å². The van der Waals surface area contributed by atoms with Gasteiger partial charge < -0.3 is 29.9 Å². The smallest absolute Gasteiger partial charge is 0.308 e. The second kappa shape index (κ2) is 14.6. The number of rotatable bonds is 12. The number of piperazine rings is 1. The quantitative estimate of drug-likeness (QED) is 0.352. The molecule has 0 spiro atoms. The molecular weight excluding hydrogens is 532 g/mol. The molecule has 1 fully saturated rings. The van der Waals surface area contributed by atoms with Crippen LogP contribution < -0.4 is 10.6 Å². The van der Waals surface area contributed by atoms with Gasteiger partial charge in [-0.25, -0.2) is 0 Å². The van der Waals surface area contributed by atoms with Crippen LogP contribution in [-0.4, -0.2) is 84.8 Å². The normalized spacial score (nSPS) is 16.7. The first-order valence-electron chi connectivity index (χ1n) is 13.0. The standard InChI is InChI=1S/C29H34N4O8/c1-19-9-11-21(12-10-19)16-31-25(35)18-33-23(14-27(37)41-3)28(38)32(22(29(33)39)13-26(36)40-2)17-24(34)30-15-20-7-5-4-6-8-20/h4-12,22-23H,13-18H2,1-3H3,(H,30,34)(H,31,35)/t22-,23-/m0/s1. The van der Waals surface area contributed by atoms with Gasteiger partial charge in [-0.05, 0) is 18.1 Å². The minimum absolute atomic E-state index is 0.177. The lowest BCUT2D eigenvalue weighted by Crippen LogP contribution is -2.67. The lowest BCUT2D eigenvalue weighted by Gasteiger charge is -2.43. The van der Waals surface area contributed by atoms with Crippen LogP contribution in [0, 0.1) is 6.92 Å². The number of carbonyl (C=O) groups excluding carboxylic acids is 6. The Bertz CT molecular complexity index is 1270. The Morgan fingerprint density at radius 2 is 1.10 bits per heavy atom. The van der Waals surface area contributed by atoms with Crippen LogP contribution in [0.4, 0.5) is 0 Å². The Balaban J connectivity index is 1.81. The minimum Gasteiger partial charge on any atom is -0.469 e. The number of aryl methyl sites for hydroxylation is 1. The van der Waals surface area contributed by atoms with Gasteiger partial charge in [-0.2, -0.15) is 0 Å². The van der Waals surface area contributed by atoms with Crippen LogP contribution in [0.2, 0.25) is 0 Å². The molecule has 0 saturated carbocycles. The van der Waals surface area contributed by atoms with E-state index in [4.69, 9.17) is 9.47 Å². The van der Waals surface area contributed by atoms with E-state index in [2.05, 4.69) is 10.6 Å². The lowest BCUT2D eigenvalue weighted by molar-refractivity contribution is -0.169. The summed E-state index contributed by atoms with van der Waals surface area (Å²) in [6, 6.07) is 13.7. The molecule has 3 rings (SSSR count). The highest BCUT2D eigenvalue weighted by molar-refractivity contribution is 6.03. The van der Waals surface area contributed by atoms with E-state index in [1.165, 1.54) is 0 Å². The molecule has 12 heteroatoms. The summed E-state index contributed by atoms with van der Waals surface area (Å²) in [5, 5.41) is 5.39. The third-order valence-corrected chi connectivity index (χ3v) is 6.63. The first-order valence-corrected chi connectivity index (χ1v) is 13.0. The summed E-state index contributed by atoms with van der Waals surface area (Å²) >= 11 is 0. The lowest BCUT2D eigenvalue weighted by atomic mass is 9.99. The molecule has 12 nitrogen and oxygen atoms in total. The van der Waals surface area contributed by atoms with Crippen LogP contribution in [0.5, 0.6) is 0 Å². The number of amides is 4. The van der Waals surface area contributed by atoms with Crippen LogP contribution in [0.3, 0.4) is 0 Å². The van der Waals surface area contributed by atoms with Crippen molar-refractivity contribution in [2.75, 3.05) is 27.3 Å². The zero-order valence-corrected chi connectivity index (χ0v) is 23.3. The summed E-state index contributed by atoms with van der Waals surface area (Å²) in [7, 11) is 2.26. The van der Waals surface area contributed by atoms with Crippen molar-refractivity contribution in [1.82, 2.24) is 20.4 Å². The Kier molecular flexibility index (Phi) is 11.0. The number of nitrogens with zero attached hydrogens (tertiary/aromatic N) is 2. The van der Waals surface area contributed by atoms with E-state index in [1.807, 2.05) is 61.5 Å². The number of esters is 2. The van der Waals surface area contributed by atoms with Crippen molar-refractivity contribution in [2.24, 2.45) is 0 Å². The predicted molar refractivity (Wildman–Crippen MR) is 146 cm³/mol. The van der Waals surface area contributed by atoms with Crippen LogP contribution >= 0.6 is 0 Å². The van der Waals surface area contributed by atoms with Crippen molar-refractivity contribution in [3.05, 3.63) is 71.3 Å². The van der Waals surface area contributed by atoms with Gasteiger partial charge >= 0.3 is 11.9 Å². The number of hydrogen-bond donors (Lipinski definition) is 2. The van der Waals surface area contributed by atoms with Crippen LogP contribution in [0.15, 0.2) is 54.6 Å². The topological polar surface area (TPSA) is 151 Å². The van der Waals surface area contributed by atoms with Crippen LogP contribution in [-0.2, 0) is 51.3 Å². The molecule has 0 aliphatic carbocycles. The van der Waals surface area contributed by atoms with Crippen molar-refractivity contribution in [3.63, 3.8) is 0 Å². The van der Waals surface area contributed by atoms with Gasteiger partial charge in [-0.3, -0.25) is 28.8 Å². The fourth-order valence-electron chi connectivity index (χ4n) is 4.33. The highest BCUT2D eigenvalue weighted by atomic mass is 16.5. The Morgan fingerprint density at radius 1 is 0.683 bits per heavy atom. The summed E-state index contributed by atoms with van der Waals surface area (Å²) in [6.07, 6.45) is -1.08. The zero-order chi connectivity index (χ0) is 29.9. The van der Waals surface area contributed by atoms with Gasteiger partial charge in [0, 0.05) is 13.1 Å². The number of nitrogens with one attached hydrogen (secondary N) is 2. The fraction of sp³-hybridized carbons (Fsp3) is 0.379. The van der Waals surface area contributed by atoms with Crippen LogP contribution in [0.25, 0.3) is 0 Å². The van der Waals surface area contributed by atoms with Gasteiger partial charge in [0.25, 0.3) is 0 Å². The average molecular weight is 567 g/mol. The molecule has 0 aromatic heterocycles. The van der Waals surface area contributed by atoms with Crippen molar-refractivity contribution in [3.8, 4) is 0 Å². The molecule has 0 unspecified atom stereocenters. The summed E-state index contributed by atoms with van der Waals surface area (Å²) < 4.78 is 9.43. The molecule has 218 valence electrons. The van der Waals surface area contributed by atoms with Crippen molar-refractivity contribution in [1.29, 1.82) is 0 Å². The van der Waals surface area contributed by atoms with Gasteiger partial charge in [0.05, 0.1) is 27.1 Å². The molecule has 2 N–H and O–H groups in total. The number of carbonyl (C=O) groups is 6. The van der Waals surface area contributed by atoms with E-state index in [9.17, 15) is 28.8 Å². The molecule has 2 atom stereocenters. The number of hydrogen-bond acceptors (Lipinski definition) is 8. The van der Waals surface area contributed by atoms with E-state index >= 15 is 0 Å². The highest BCUT2D eigenvalue weighted by Gasteiger charge is 2.48. The molecule has 1 aliphatic rings. The molecule has 1 saturated heterocycles. The largest absolute Gasteiger partial charge is 0.469 e. The highest BCUT2D eigenvalue weighted by Crippen LogP contribution is 2.23. The monoisotopic (exact) mass is 566 g/mol. The van der Waals surface area contributed by atoms with Crippen molar-refractivity contribution < 1.29 is 38.2 Å². The van der Waals surface area contributed by atoms with E-state index in [0.717, 1.165) is 40.7 Å². The Labute approximate surface area is 238 Å². The first kappa shape index (κ1) is 30.8. The number of methoxy groups -OCH3 is 2. The summed E-state index contributed by atoms with van der Waals surface area (Å²) in [5.41, 5.74) is 2.70. The SMILES string of the molecule is COC(=O)C[C@H]1C(=O)N(CC(=O)NCc2ccc(C)cc2)[C@@H](CC(=O)OC)C(=O)N1CC(=O)NCc1ccccc1. The summed E-state index contributed by atoms with van der Waals surface area (Å²) in [4.78, 5) is 79.4. The Hall–Kier alpha value is -4.74. The van der Waals surface area contributed by atoms with Crippen LogP contribution in [0.1, 0.15) is 29.5 Å². The van der Waals surface area contributed by atoms with Crippen molar-refractivity contribution >= 4 is 35.6 Å². The predicted octanol–water partition coefficient (Wildman–Crippen LogP) is 0.462. The molecule has 1 heterocycles. The molecule has 41 heavy (non-hydrogen) atoms. The minimum atomic E-state index is -1.42. The van der Waals surface area contributed by atoms with Gasteiger partial charge in [0.2, 0.25) is 23.6 Å². The van der Waals surface area contributed by atoms with Gasteiger partial charge in [-0.1, -0.05) is 60.2 Å². The third kappa shape index (κ3) is 8.62. The third-order valence-electron chi connectivity index (χ3n) is 6.63. The fourth-order valence-corrected chi connectivity index (χ4v) is 4.33. The average Bonchev–Trinajstić information content (AvgIpc) is 2.98. The Morgan fingerprint density at radius 3 is 1.51 bits per heavy atom. The molecular formula is C29H34N4O8. The van der Waals surface area contributed by atoms with Crippen molar-refractivity contribution in [2.45, 2.75) is 44.9 Å².